The zero-order valence-electron chi connectivity index (χ0n) is 7.30. The van der Waals surface area contributed by atoms with Crippen molar-refractivity contribution in [3.05, 3.63) is 29.6 Å². The van der Waals surface area contributed by atoms with E-state index < -0.39 is 18.5 Å². The highest BCUT2D eigenvalue weighted by atomic mass is 19.1. The van der Waals surface area contributed by atoms with Crippen molar-refractivity contribution >= 4 is 11.7 Å². The maximum Gasteiger partial charge on any atom is 0.341 e. The van der Waals surface area contributed by atoms with Gasteiger partial charge in [-0.3, -0.25) is 0 Å². The minimum Gasteiger partial charge on any atom is -0.459 e. The number of carbonyl (C=O) groups is 1. The first-order chi connectivity index (χ1) is 6.65. The second-order valence-corrected chi connectivity index (χ2v) is 2.56. The molecule has 0 fully saturated rings. The molecule has 2 N–H and O–H groups in total. The minimum atomic E-state index is -0.910. The molecule has 1 rings (SSSR count). The Morgan fingerprint density at radius 1 is 1.50 bits per heavy atom. The summed E-state index contributed by atoms with van der Waals surface area (Å²) in [5.74, 6) is -1.64. The van der Waals surface area contributed by atoms with Crippen LogP contribution in [-0.4, -0.2) is 19.3 Å². The molecular weight excluding hydrogens is 192 g/mol. The summed E-state index contributed by atoms with van der Waals surface area (Å²) in [5.41, 5.74) is 5.31. The number of rotatable bonds is 3. The van der Waals surface area contributed by atoms with Crippen molar-refractivity contribution in [1.82, 2.24) is 0 Å². The summed E-state index contributed by atoms with van der Waals surface area (Å²) in [6.07, 6.45) is 0. The topological polar surface area (TPSA) is 52.3 Å². The third kappa shape index (κ3) is 2.42. The number of nitrogens with two attached hydrogens (primary N) is 1. The first-order valence-electron chi connectivity index (χ1n) is 3.93. The first-order valence-corrected chi connectivity index (χ1v) is 3.93. The van der Waals surface area contributed by atoms with Crippen molar-refractivity contribution in [3.63, 3.8) is 0 Å². The number of anilines is 1. The van der Waals surface area contributed by atoms with Crippen LogP contribution in [0.2, 0.25) is 0 Å². The molecule has 0 aliphatic carbocycles. The lowest BCUT2D eigenvalue weighted by molar-refractivity contribution is 0.0476. The molecule has 0 saturated heterocycles. The highest BCUT2D eigenvalue weighted by molar-refractivity contribution is 5.90. The smallest absolute Gasteiger partial charge is 0.341 e. The minimum absolute atomic E-state index is 0.249. The van der Waals surface area contributed by atoms with Crippen LogP contribution in [0.25, 0.3) is 0 Å². The van der Waals surface area contributed by atoms with E-state index in [-0.39, 0.29) is 17.9 Å². The Morgan fingerprint density at radius 3 is 2.86 bits per heavy atom. The van der Waals surface area contributed by atoms with Crippen LogP contribution >= 0.6 is 0 Å². The monoisotopic (exact) mass is 201 g/mol. The van der Waals surface area contributed by atoms with Gasteiger partial charge in [0.05, 0.1) is 5.56 Å². The molecule has 1 aromatic rings. The Morgan fingerprint density at radius 2 is 2.21 bits per heavy atom. The standard InChI is InChI=1S/C9H9F2NO2/c10-3-4-14-9(13)7-5-6(12)1-2-8(7)11/h1-2,5H,3-4,12H2. The van der Waals surface area contributed by atoms with Crippen LogP contribution in [-0.2, 0) is 4.74 Å². The van der Waals surface area contributed by atoms with Gasteiger partial charge in [-0.25, -0.2) is 13.6 Å². The number of ether oxygens (including phenoxy) is 1. The molecule has 1 aromatic carbocycles. The highest BCUT2D eigenvalue weighted by Crippen LogP contribution is 2.12. The van der Waals surface area contributed by atoms with Gasteiger partial charge in [-0.1, -0.05) is 0 Å². The molecule has 0 radical (unpaired) electrons. The number of alkyl halides is 1. The lowest BCUT2D eigenvalue weighted by Gasteiger charge is -2.03. The van der Waals surface area contributed by atoms with Gasteiger partial charge in [0.25, 0.3) is 0 Å². The third-order valence-electron chi connectivity index (χ3n) is 1.52. The molecule has 0 aromatic heterocycles. The number of nitrogen functional groups attached to an aromatic ring is 1. The van der Waals surface area contributed by atoms with E-state index >= 15 is 0 Å². The van der Waals surface area contributed by atoms with Crippen LogP contribution in [0.1, 0.15) is 10.4 Å². The SMILES string of the molecule is Nc1ccc(F)c(C(=O)OCCF)c1. The Hall–Kier alpha value is -1.65. The highest BCUT2D eigenvalue weighted by Gasteiger charge is 2.12. The van der Waals surface area contributed by atoms with Crippen molar-refractivity contribution < 1.29 is 18.3 Å². The number of halogens is 2. The largest absolute Gasteiger partial charge is 0.459 e. The maximum atomic E-state index is 13.0. The van der Waals surface area contributed by atoms with E-state index in [1.165, 1.54) is 6.07 Å². The lowest BCUT2D eigenvalue weighted by atomic mass is 10.2. The molecule has 0 atom stereocenters. The van der Waals surface area contributed by atoms with Crippen molar-refractivity contribution in [3.8, 4) is 0 Å². The van der Waals surface area contributed by atoms with E-state index in [2.05, 4.69) is 4.74 Å². The van der Waals surface area contributed by atoms with Crippen LogP contribution in [0, 0.1) is 5.82 Å². The summed E-state index contributed by atoms with van der Waals surface area (Å²) < 4.78 is 29.1. The zero-order chi connectivity index (χ0) is 10.6. The summed E-state index contributed by atoms with van der Waals surface area (Å²) in [6, 6.07) is 3.53. The maximum absolute atomic E-state index is 13.0. The molecule has 0 unspecified atom stereocenters. The van der Waals surface area contributed by atoms with Crippen LogP contribution < -0.4 is 5.73 Å². The molecule has 0 bridgehead atoms. The molecule has 0 saturated carbocycles. The summed E-state index contributed by atoms with van der Waals surface area (Å²) in [5, 5.41) is 0. The fourth-order valence-corrected chi connectivity index (χ4v) is 0.908. The second kappa shape index (κ2) is 4.55. The van der Waals surface area contributed by atoms with Crippen LogP contribution in [0.5, 0.6) is 0 Å². The molecule has 0 amide bonds. The van der Waals surface area contributed by atoms with Crippen molar-refractivity contribution in [2.75, 3.05) is 19.0 Å². The molecule has 0 aliphatic rings. The molecule has 5 heteroatoms. The molecule has 14 heavy (non-hydrogen) atoms. The average molecular weight is 201 g/mol. The summed E-state index contributed by atoms with van der Waals surface area (Å²) in [4.78, 5) is 11.1. The molecule has 0 spiro atoms. The van der Waals surface area contributed by atoms with Gasteiger partial charge < -0.3 is 10.5 Å². The van der Waals surface area contributed by atoms with Gasteiger partial charge in [-0.05, 0) is 18.2 Å². The van der Waals surface area contributed by atoms with E-state index in [1.807, 2.05) is 0 Å². The Labute approximate surface area is 79.5 Å². The molecular formula is C9H9F2NO2. The quantitative estimate of drug-likeness (QED) is 0.596. The number of esters is 1. The van der Waals surface area contributed by atoms with Gasteiger partial charge in [0.1, 0.15) is 19.1 Å². The molecule has 3 nitrogen and oxygen atoms in total. The fraction of sp³-hybridized carbons (Fsp3) is 0.222. The normalized spacial score (nSPS) is 9.86. The molecule has 76 valence electrons. The molecule has 0 heterocycles. The van der Waals surface area contributed by atoms with Gasteiger partial charge in [0.2, 0.25) is 0 Å². The van der Waals surface area contributed by atoms with Crippen molar-refractivity contribution in [2.45, 2.75) is 0 Å². The average Bonchev–Trinajstić information content (AvgIpc) is 2.18. The number of hydrogen-bond acceptors (Lipinski definition) is 3. The lowest BCUT2D eigenvalue weighted by Crippen LogP contribution is -2.10. The number of benzene rings is 1. The van der Waals surface area contributed by atoms with E-state index in [9.17, 15) is 13.6 Å². The van der Waals surface area contributed by atoms with Gasteiger partial charge in [0, 0.05) is 5.69 Å². The zero-order valence-corrected chi connectivity index (χ0v) is 7.30. The first kappa shape index (κ1) is 10.4. The fourth-order valence-electron chi connectivity index (χ4n) is 0.908. The van der Waals surface area contributed by atoms with E-state index in [1.54, 1.807) is 0 Å². The summed E-state index contributed by atoms with van der Waals surface area (Å²) >= 11 is 0. The van der Waals surface area contributed by atoms with Gasteiger partial charge in [-0.15, -0.1) is 0 Å². The van der Waals surface area contributed by atoms with Crippen LogP contribution in [0.3, 0.4) is 0 Å². The van der Waals surface area contributed by atoms with Gasteiger partial charge in [0.15, 0.2) is 0 Å². The van der Waals surface area contributed by atoms with E-state index in [0.717, 1.165) is 12.1 Å². The van der Waals surface area contributed by atoms with Crippen molar-refractivity contribution in [2.24, 2.45) is 0 Å². The van der Waals surface area contributed by atoms with Crippen molar-refractivity contribution in [1.29, 1.82) is 0 Å². The third-order valence-corrected chi connectivity index (χ3v) is 1.52. The van der Waals surface area contributed by atoms with E-state index in [0.29, 0.717) is 0 Å². The number of carbonyl (C=O) groups excluding carboxylic acids is 1. The van der Waals surface area contributed by atoms with Crippen LogP contribution in [0.15, 0.2) is 18.2 Å². The summed E-state index contributed by atoms with van der Waals surface area (Å²) in [7, 11) is 0. The molecule has 0 aliphatic heterocycles. The predicted molar refractivity (Wildman–Crippen MR) is 47.1 cm³/mol. The Balaban J connectivity index is 2.83. The Kier molecular flexibility index (Phi) is 3.39. The second-order valence-electron chi connectivity index (χ2n) is 2.56. The van der Waals surface area contributed by atoms with Crippen LogP contribution in [0.4, 0.5) is 14.5 Å². The Bertz CT molecular complexity index is 342. The van der Waals surface area contributed by atoms with Gasteiger partial charge >= 0.3 is 5.97 Å². The number of hydrogen-bond donors (Lipinski definition) is 1. The van der Waals surface area contributed by atoms with E-state index in [4.69, 9.17) is 5.73 Å². The predicted octanol–water partition coefficient (Wildman–Crippen LogP) is 1.53. The van der Waals surface area contributed by atoms with Gasteiger partial charge in [-0.2, -0.15) is 0 Å². The summed E-state index contributed by atoms with van der Waals surface area (Å²) in [6.45, 7) is -1.18.